The Labute approximate surface area is 123 Å². The molecule has 0 heterocycles. The minimum absolute atomic E-state index is 0.0401. The van der Waals surface area contributed by atoms with Crippen LogP contribution in [0.25, 0.3) is 0 Å². The number of rotatable bonds is 6. The van der Waals surface area contributed by atoms with Gasteiger partial charge in [0, 0.05) is 18.2 Å². The predicted octanol–water partition coefficient (Wildman–Crippen LogP) is 2.96. The Morgan fingerprint density at radius 3 is 2.45 bits per heavy atom. The van der Waals surface area contributed by atoms with E-state index in [1.165, 1.54) is 12.1 Å². The Hall–Kier alpha value is -1.18. The van der Waals surface area contributed by atoms with Gasteiger partial charge in [-0.2, -0.15) is 0 Å². The summed E-state index contributed by atoms with van der Waals surface area (Å²) in [6.45, 7) is 5.65. The summed E-state index contributed by atoms with van der Waals surface area (Å²) >= 11 is 5.85. The Kier molecular flexibility index (Phi) is 5.50. The zero-order valence-corrected chi connectivity index (χ0v) is 13.0. The first kappa shape index (κ1) is 16.9. The van der Waals surface area contributed by atoms with Gasteiger partial charge >= 0.3 is 0 Å². The molecule has 0 fully saturated rings. The topological polar surface area (TPSA) is 89.3 Å². The van der Waals surface area contributed by atoms with E-state index in [0.717, 1.165) is 6.07 Å². The summed E-state index contributed by atoms with van der Waals surface area (Å²) in [7, 11) is -3.89. The Morgan fingerprint density at radius 1 is 1.40 bits per heavy atom. The van der Waals surface area contributed by atoms with E-state index in [1.807, 2.05) is 20.8 Å². The standard InChI is InChI=1S/C12H17ClN2O4S/c1-4-11(8(2)3)14-20(18,19)12-7-9(15(16)17)5-6-10(12)13/h5-8,11,14H,4H2,1-3H3. The van der Waals surface area contributed by atoms with Crippen molar-refractivity contribution in [1.29, 1.82) is 0 Å². The first-order chi connectivity index (χ1) is 9.19. The second-order valence-electron chi connectivity index (χ2n) is 4.75. The molecule has 1 aromatic rings. The van der Waals surface area contributed by atoms with Crippen LogP contribution in [0.3, 0.4) is 0 Å². The molecule has 0 spiro atoms. The van der Waals surface area contributed by atoms with Gasteiger partial charge in [-0.3, -0.25) is 10.1 Å². The lowest BCUT2D eigenvalue weighted by atomic mass is 10.0. The largest absolute Gasteiger partial charge is 0.270 e. The van der Waals surface area contributed by atoms with E-state index in [2.05, 4.69) is 4.72 Å². The van der Waals surface area contributed by atoms with E-state index in [-0.39, 0.29) is 27.6 Å². The van der Waals surface area contributed by atoms with Crippen molar-refractivity contribution in [3.63, 3.8) is 0 Å². The first-order valence-electron chi connectivity index (χ1n) is 6.15. The number of nitrogens with zero attached hydrogens (tertiary/aromatic N) is 1. The maximum Gasteiger partial charge on any atom is 0.270 e. The van der Waals surface area contributed by atoms with Gasteiger partial charge in [0.25, 0.3) is 5.69 Å². The summed E-state index contributed by atoms with van der Waals surface area (Å²) < 4.78 is 27.1. The van der Waals surface area contributed by atoms with Crippen molar-refractivity contribution in [2.45, 2.75) is 38.1 Å². The highest BCUT2D eigenvalue weighted by Crippen LogP contribution is 2.26. The molecule has 1 N–H and O–H groups in total. The highest BCUT2D eigenvalue weighted by molar-refractivity contribution is 7.89. The number of hydrogen-bond acceptors (Lipinski definition) is 4. The van der Waals surface area contributed by atoms with Gasteiger partial charge in [0.1, 0.15) is 4.90 Å². The van der Waals surface area contributed by atoms with Gasteiger partial charge in [-0.25, -0.2) is 13.1 Å². The number of sulfonamides is 1. The fourth-order valence-electron chi connectivity index (χ4n) is 1.77. The minimum atomic E-state index is -3.89. The Balaban J connectivity index is 3.21. The molecule has 1 rings (SSSR count). The van der Waals surface area contributed by atoms with Crippen LogP contribution in [-0.2, 0) is 10.0 Å². The van der Waals surface area contributed by atoms with Crippen LogP contribution in [0.2, 0.25) is 5.02 Å². The highest BCUT2D eigenvalue weighted by atomic mass is 35.5. The third kappa shape index (κ3) is 3.91. The average molecular weight is 321 g/mol. The molecule has 1 unspecified atom stereocenters. The molecule has 0 amide bonds. The lowest BCUT2D eigenvalue weighted by Crippen LogP contribution is -2.38. The molecule has 0 saturated carbocycles. The Morgan fingerprint density at radius 2 is 2.00 bits per heavy atom. The van der Waals surface area contributed by atoms with Crippen LogP contribution in [0.1, 0.15) is 27.2 Å². The van der Waals surface area contributed by atoms with Crippen molar-refractivity contribution in [3.8, 4) is 0 Å². The van der Waals surface area contributed by atoms with Crippen molar-refractivity contribution in [2.24, 2.45) is 5.92 Å². The van der Waals surface area contributed by atoms with E-state index in [9.17, 15) is 18.5 Å². The fourth-order valence-corrected chi connectivity index (χ4v) is 3.75. The average Bonchev–Trinajstić information content (AvgIpc) is 2.35. The van der Waals surface area contributed by atoms with E-state index in [0.29, 0.717) is 6.42 Å². The van der Waals surface area contributed by atoms with Crippen molar-refractivity contribution in [2.75, 3.05) is 0 Å². The third-order valence-corrected chi connectivity index (χ3v) is 4.94. The van der Waals surface area contributed by atoms with Gasteiger partial charge in [-0.05, 0) is 18.4 Å². The molecule has 0 saturated heterocycles. The molecule has 1 aromatic carbocycles. The van der Waals surface area contributed by atoms with Crippen LogP contribution in [0.15, 0.2) is 23.1 Å². The van der Waals surface area contributed by atoms with Crippen molar-refractivity contribution in [1.82, 2.24) is 4.72 Å². The van der Waals surface area contributed by atoms with Crippen molar-refractivity contribution >= 4 is 27.3 Å². The SMILES string of the molecule is CCC(NS(=O)(=O)c1cc([N+](=O)[O-])ccc1Cl)C(C)C. The lowest BCUT2D eigenvalue weighted by Gasteiger charge is -2.20. The number of nitro benzene ring substituents is 1. The summed E-state index contributed by atoms with van der Waals surface area (Å²) in [5, 5.41) is 10.7. The molecule has 112 valence electrons. The van der Waals surface area contributed by atoms with Gasteiger partial charge in [0.05, 0.1) is 9.95 Å². The molecule has 1 atom stereocenters. The monoisotopic (exact) mass is 320 g/mol. The lowest BCUT2D eigenvalue weighted by molar-refractivity contribution is -0.385. The second-order valence-corrected chi connectivity index (χ2v) is 6.84. The normalized spacial score (nSPS) is 13.4. The molecule has 8 heteroatoms. The maximum absolute atomic E-state index is 12.3. The molecule has 0 aliphatic heterocycles. The van der Waals surface area contributed by atoms with Crippen LogP contribution in [-0.4, -0.2) is 19.4 Å². The number of hydrogen-bond donors (Lipinski definition) is 1. The molecular formula is C12H17ClN2O4S. The predicted molar refractivity (Wildman–Crippen MR) is 77.3 cm³/mol. The summed E-state index contributed by atoms with van der Waals surface area (Å²) in [5.74, 6) is 0.104. The fraction of sp³-hybridized carbons (Fsp3) is 0.500. The summed E-state index contributed by atoms with van der Waals surface area (Å²) in [6, 6.07) is 3.10. The van der Waals surface area contributed by atoms with Gasteiger partial charge in [-0.1, -0.05) is 32.4 Å². The van der Waals surface area contributed by atoms with Crippen LogP contribution >= 0.6 is 11.6 Å². The molecule has 20 heavy (non-hydrogen) atoms. The van der Waals surface area contributed by atoms with Gasteiger partial charge in [0.15, 0.2) is 0 Å². The zero-order chi connectivity index (χ0) is 15.5. The van der Waals surface area contributed by atoms with Crippen molar-refractivity contribution in [3.05, 3.63) is 33.3 Å². The number of nitrogens with one attached hydrogen (secondary N) is 1. The smallest absolute Gasteiger partial charge is 0.258 e. The van der Waals surface area contributed by atoms with Crippen LogP contribution in [0, 0.1) is 16.0 Å². The first-order valence-corrected chi connectivity index (χ1v) is 8.01. The van der Waals surface area contributed by atoms with Gasteiger partial charge in [-0.15, -0.1) is 0 Å². The molecule has 0 radical (unpaired) electrons. The van der Waals surface area contributed by atoms with Crippen LogP contribution in [0.5, 0.6) is 0 Å². The highest BCUT2D eigenvalue weighted by Gasteiger charge is 2.25. The molecular weight excluding hydrogens is 304 g/mol. The number of non-ortho nitro benzene ring substituents is 1. The third-order valence-electron chi connectivity index (χ3n) is 2.97. The Bertz CT molecular complexity index is 601. The number of halogens is 1. The molecule has 0 bridgehead atoms. The zero-order valence-electron chi connectivity index (χ0n) is 11.5. The summed E-state index contributed by atoms with van der Waals surface area (Å²) in [5.41, 5.74) is -0.313. The second kappa shape index (κ2) is 6.51. The van der Waals surface area contributed by atoms with Crippen LogP contribution in [0.4, 0.5) is 5.69 Å². The van der Waals surface area contributed by atoms with E-state index >= 15 is 0 Å². The number of nitro groups is 1. The van der Waals surface area contributed by atoms with E-state index < -0.39 is 14.9 Å². The molecule has 0 aliphatic rings. The molecule has 6 nitrogen and oxygen atoms in total. The van der Waals surface area contributed by atoms with Gasteiger partial charge < -0.3 is 0 Å². The van der Waals surface area contributed by atoms with Gasteiger partial charge in [0.2, 0.25) is 10.0 Å². The molecule has 0 aromatic heterocycles. The summed E-state index contributed by atoms with van der Waals surface area (Å²) in [6.07, 6.45) is 0.615. The number of benzene rings is 1. The van der Waals surface area contributed by atoms with Crippen molar-refractivity contribution < 1.29 is 13.3 Å². The van der Waals surface area contributed by atoms with E-state index in [1.54, 1.807) is 0 Å². The quantitative estimate of drug-likeness (QED) is 0.644. The maximum atomic E-state index is 12.3. The molecule has 0 aliphatic carbocycles. The summed E-state index contributed by atoms with van der Waals surface area (Å²) in [4.78, 5) is 9.80. The van der Waals surface area contributed by atoms with E-state index in [4.69, 9.17) is 11.6 Å². The van der Waals surface area contributed by atoms with Crippen LogP contribution < -0.4 is 4.72 Å². The minimum Gasteiger partial charge on any atom is -0.258 e.